The predicted octanol–water partition coefficient (Wildman–Crippen LogP) is 3.55. The molecule has 0 atom stereocenters. The number of hydrogen-bond acceptors (Lipinski definition) is 3. The van der Waals surface area contributed by atoms with E-state index in [1.807, 2.05) is 29.9 Å². The fourth-order valence-electron chi connectivity index (χ4n) is 1.99. The molecule has 20 heavy (non-hydrogen) atoms. The molecule has 0 aliphatic rings. The fourth-order valence-corrected chi connectivity index (χ4v) is 3.25. The number of benzene rings is 1. The van der Waals surface area contributed by atoms with Crippen LogP contribution in [0, 0.1) is 0 Å². The molecular formula is C14H17Br2N3O. The van der Waals surface area contributed by atoms with E-state index in [0.717, 1.165) is 38.1 Å². The summed E-state index contributed by atoms with van der Waals surface area (Å²) in [6.07, 6.45) is 0.886. The van der Waals surface area contributed by atoms with Crippen molar-refractivity contribution in [2.45, 2.75) is 26.5 Å². The lowest BCUT2D eigenvalue weighted by molar-refractivity contribution is 0.289. The number of ether oxygens (including phenoxy) is 1. The molecule has 1 heterocycles. The number of aromatic nitrogens is 2. The Morgan fingerprint density at radius 2 is 2.10 bits per heavy atom. The average molecular weight is 403 g/mol. The number of aryl methyl sites for hydroxylation is 2. The van der Waals surface area contributed by atoms with Crippen LogP contribution in [0.25, 0.3) is 0 Å². The third kappa shape index (κ3) is 3.07. The Balaban J connectivity index is 2.23. The molecule has 6 heteroatoms. The monoisotopic (exact) mass is 401 g/mol. The quantitative estimate of drug-likeness (QED) is 0.831. The highest BCUT2D eigenvalue weighted by Gasteiger charge is 2.14. The third-order valence-corrected chi connectivity index (χ3v) is 4.66. The molecule has 0 bridgehead atoms. The van der Waals surface area contributed by atoms with E-state index in [2.05, 4.69) is 43.9 Å². The minimum Gasteiger partial charge on any atom is -0.486 e. The molecule has 0 amide bonds. The molecule has 0 fully saturated rings. The van der Waals surface area contributed by atoms with Crippen LogP contribution in [0.1, 0.15) is 23.9 Å². The maximum absolute atomic E-state index is 5.95. The van der Waals surface area contributed by atoms with Crippen molar-refractivity contribution in [1.29, 1.82) is 0 Å². The van der Waals surface area contributed by atoms with Gasteiger partial charge in [0.25, 0.3) is 0 Å². The summed E-state index contributed by atoms with van der Waals surface area (Å²) < 4.78 is 9.72. The third-order valence-electron chi connectivity index (χ3n) is 3.12. The molecule has 0 aliphatic heterocycles. The summed E-state index contributed by atoms with van der Waals surface area (Å²) in [5.41, 5.74) is 8.78. The number of para-hydroxylation sites is 1. The van der Waals surface area contributed by atoms with Gasteiger partial charge in [-0.15, -0.1) is 0 Å². The van der Waals surface area contributed by atoms with Gasteiger partial charge in [0.1, 0.15) is 12.4 Å². The van der Waals surface area contributed by atoms with Gasteiger partial charge in [0.2, 0.25) is 0 Å². The summed E-state index contributed by atoms with van der Waals surface area (Å²) in [6, 6.07) is 5.87. The summed E-state index contributed by atoms with van der Waals surface area (Å²) in [5, 5.41) is 4.46. The summed E-state index contributed by atoms with van der Waals surface area (Å²) >= 11 is 7.09. The maximum Gasteiger partial charge on any atom is 0.138 e. The van der Waals surface area contributed by atoms with Crippen LogP contribution in [0.4, 0.5) is 0 Å². The Bertz CT molecular complexity index is 611. The van der Waals surface area contributed by atoms with Crippen molar-refractivity contribution < 1.29 is 4.74 Å². The van der Waals surface area contributed by atoms with Crippen molar-refractivity contribution in [3.05, 3.63) is 44.1 Å². The minimum atomic E-state index is 0.444. The zero-order valence-electron chi connectivity index (χ0n) is 11.5. The van der Waals surface area contributed by atoms with Gasteiger partial charge >= 0.3 is 0 Å². The van der Waals surface area contributed by atoms with Gasteiger partial charge in [0, 0.05) is 19.2 Å². The lowest BCUT2D eigenvalue weighted by Gasteiger charge is -2.12. The van der Waals surface area contributed by atoms with Crippen molar-refractivity contribution in [3.8, 4) is 5.75 Å². The molecule has 0 radical (unpaired) electrons. The normalized spacial score (nSPS) is 10.8. The van der Waals surface area contributed by atoms with E-state index in [0.29, 0.717) is 13.2 Å². The minimum absolute atomic E-state index is 0.444. The predicted molar refractivity (Wildman–Crippen MR) is 86.7 cm³/mol. The SMILES string of the molecule is CCc1nn(C)c(COc2c(Br)cccc2CN)c1Br. The van der Waals surface area contributed by atoms with Gasteiger partial charge in [-0.2, -0.15) is 5.10 Å². The topological polar surface area (TPSA) is 53.1 Å². The molecule has 0 saturated heterocycles. The first-order valence-corrected chi connectivity index (χ1v) is 7.97. The molecule has 1 aromatic carbocycles. The molecule has 2 N–H and O–H groups in total. The molecule has 0 spiro atoms. The number of hydrogen-bond donors (Lipinski definition) is 1. The molecule has 4 nitrogen and oxygen atoms in total. The zero-order chi connectivity index (χ0) is 14.7. The van der Waals surface area contributed by atoms with Crippen molar-refractivity contribution in [3.63, 3.8) is 0 Å². The van der Waals surface area contributed by atoms with Crippen LogP contribution in [0.2, 0.25) is 0 Å². The van der Waals surface area contributed by atoms with Crippen LogP contribution < -0.4 is 10.5 Å². The second-order valence-corrected chi connectivity index (χ2v) is 6.05. The summed E-state index contributed by atoms with van der Waals surface area (Å²) in [4.78, 5) is 0. The standard InChI is InChI=1S/C14H17Br2N3O/c1-3-11-13(16)12(19(2)18-11)8-20-14-9(7-17)5-4-6-10(14)15/h4-6H,3,7-8,17H2,1-2H3. The molecule has 0 saturated carbocycles. The summed E-state index contributed by atoms with van der Waals surface area (Å²) in [5.74, 6) is 0.793. The highest BCUT2D eigenvalue weighted by molar-refractivity contribution is 9.10. The number of nitrogens with zero attached hydrogens (tertiary/aromatic N) is 2. The molecule has 108 valence electrons. The summed E-state index contributed by atoms with van der Waals surface area (Å²) in [6.45, 7) is 2.97. The lowest BCUT2D eigenvalue weighted by Crippen LogP contribution is -2.07. The highest BCUT2D eigenvalue weighted by Crippen LogP contribution is 2.30. The fraction of sp³-hybridized carbons (Fsp3) is 0.357. The average Bonchev–Trinajstić information content (AvgIpc) is 2.72. The molecule has 0 aliphatic carbocycles. The van der Waals surface area contributed by atoms with Gasteiger partial charge < -0.3 is 10.5 Å². The molecule has 2 rings (SSSR count). The largest absolute Gasteiger partial charge is 0.486 e. The van der Waals surface area contributed by atoms with Crippen LogP contribution in [0.15, 0.2) is 27.1 Å². The van der Waals surface area contributed by atoms with E-state index in [-0.39, 0.29) is 0 Å². The van der Waals surface area contributed by atoms with Gasteiger partial charge in [0.05, 0.1) is 20.3 Å². The smallest absolute Gasteiger partial charge is 0.138 e. The van der Waals surface area contributed by atoms with Crippen molar-refractivity contribution >= 4 is 31.9 Å². The second-order valence-electron chi connectivity index (χ2n) is 4.41. The van der Waals surface area contributed by atoms with E-state index in [9.17, 15) is 0 Å². The van der Waals surface area contributed by atoms with E-state index >= 15 is 0 Å². The zero-order valence-corrected chi connectivity index (χ0v) is 14.7. The van der Waals surface area contributed by atoms with Gasteiger partial charge in [-0.1, -0.05) is 19.1 Å². The maximum atomic E-state index is 5.95. The van der Waals surface area contributed by atoms with Gasteiger partial charge in [0.15, 0.2) is 0 Å². The Hall–Kier alpha value is -0.850. The highest BCUT2D eigenvalue weighted by atomic mass is 79.9. The summed E-state index contributed by atoms with van der Waals surface area (Å²) in [7, 11) is 1.92. The van der Waals surface area contributed by atoms with Gasteiger partial charge in [-0.25, -0.2) is 0 Å². The molecule has 1 aromatic heterocycles. The first kappa shape index (κ1) is 15.5. The van der Waals surface area contributed by atoms with Gasteiger partial charge in [-0.05, 0) is 44.3 Å². The van der Waals surface area contributed by atoms with Gasteiger partial charge in [-0.3, -0.25) is 4.68 Å². The number of nitrogens with two attached hydrogens (primary N) is 1. The Labute approximate surface area is 135 Å². The number of rotatable bonds is 5. The van der Waals surface area contributed by atoms with E-state index < -0.39 is 0 Å². The van der Waals surface area contributed by atoms with Crippen molar-refractivity contribution in [2.24, 2.45) is 12.8 Å². The van der Waals surface area contributed by atoms with Crippen LogP contribution in [0.5, 0.6) is 5.75 Å². The van der Waals surface area contributed by atoms with E-state index in [1.54, 1.807) is 0 Å². The van der Waals surface area contributed by atoms with Crippen molar-refractivity contribution in [2.75, 3.05) is 0 Å². The van der Waals surface area contributed by atoms with Crippen LogP contribution in [0.3, 0.4) is 0 Å². The van der Waals surface area contributed by atoms with E-state index in [1.165, 1.54) is 0 Å². The molecule has 0 unspecified atom stereocenters. The first-order chi connectivity index (χ1) is 9.58. The Morgan fingerprint density at radius 1 is 1.35 bits per heavy atom. The van der Waals surface area contributed by atoms with Crippen LogP contribution in [-0.4, -0.2) is 9.78 Å². The van der Waals surface area contributed by atoms with Crippen LogP contribution >= 0.6 is 31.9 Å². The first-order valence-electron chi connectivity index (χ1n) is 6.39. The Kier molecular flexibility index (Phi) is 5.23. The van der Waals surface area contributed by atoms with E-state index in [4.69, 9.17) is 10.5 Å². The second kappa shape index (κ2) is 6.74. The molecular weight excluding hydrogens is 386 g/mol. The Morgan fingerprint density at radius 3 is 2.70 bits per heavy atom. The van der Waals surface area contributed by atoms with Crippen LogP contribution in [-0.2, 0) is 26.6 Å². The van der Waals surface area contributed by atoms with Crippen molar-refractivity contribution in [1.82, 2.24) is 9.78 Å². The lowest BCUT2D eigenvalue weighted by atomic mass is 10.2. The molecule has 2 aromatic rings. The number of halogens is 2.